The zero-order chi connectivity index (χ0) is 21.7. The summed E-state index contributed by atoms with van der Waals surface area (Å²) in [6.07, 6.45) is 0. The van der Waals surface area contributed by atoms with Gasteiger partial charge in [0.05, 0.1) is 0 Å². The van der Waals surface area contributed by atoms with Gasteiger partial charge in [0.25, 0.3) is 0 Å². The van der Waals surface area contributed by atoms with Crippen molar-refractivity contribution in [3.05, 3.63) is 108 Å². The Morgan fingerprint density at radius 1 is 0.387 bits per heavy atom. The standard InChI is InChI=1S/C26H13F5/c27-16-7-8-17-18(11-16)25(14-4-2-1-3-5-14)19-12-23(30)24(31)13-20(19)26(17)15-6-9-21(28)22(29)10-15/h1-13H. The predicted octanol–water partition coefficient (Wildman–Crippen LogP) is 8.02. The minimum absolute atomic E-state index is 0.270. The Morgan fingerprint density at radius 3 is 1.61 bits per heavy atom. The van der Waals surface area contributed by atoms with Crippen molar-refractivity contribution in [2.75, 3.05) is 0 Å². The van der Waals surface area contributed by atoms with E-state index in [4.69, 9.17) is 0 Å². The van der Waals surface area contributed by atoms with E-state index in [0.29, 0.717) is 38.2 Å². The summed E-state index contributed by atoms with van der Waals surface area (Å²) >= 11 is 0. The molecule has 0 radical (unpaired) electrons. The van der Waals surface area contributed by atoms with Gasteiger partial charge in [-0.1, -0.05) is 42.5 Å². The van der Waals surface area contributed by atoms with Crippen LogP contribution in [0.2, 0.25) is 0 Å². The van der Waals surface area contributed by atoms with E-state index in [2.05, 4.69) is 0 Å². The van der Waals surface area contributed by atoms with Gasteiger partial charge in [0, 0.05) is 0 Å². The summed E-state index contributed by atoms with van der Waals surface area (Å²) in [6.45, 7) is 0. The highest BCUT2D eigenvalue weighted by molar-refractivity contribution is 6.21. The highest BCUT2D eigenvalue weighted by Gasteiger charge is 2.20. The second-order valence-electron chi connectivity index (χ2n) is 7.25. The molecule has 0 aliphatic rings. The molecule has 0 saturated heterocycles. The first kappa shape index (κ1) is 19.2. The van der Waals surface area contributed by atoms with E-state index in [1.165, 1.54) is 24.3 Å². The Bertz CT molecular complexity index is 1470. The number of halogens is 5. The molecule has 152 valence electrons. The highest BCUT2D eigenvalue weighted by Crippen LogP contribution is 2.44. The molecule has 5 aromatic carbocycles. The number of fused-ring (bicyclic) bond motifs is 2. The molecule has 0 fully saturated rings. The van der Waals surface area contributed by atoms with Crippen LogP contribution in [-0.2, 0) is 0 Å². The normalized spacial score (nSPS) is 11.4. The molecule has 31 heavy (non-hydrogen) atoms. The maximum atomic E-state index is 14.3. The van der Waals surface area contributed by atoms with E-state index in [-0.39, 0.29) is 5.56 Å². The van der Waals surface area contributed by atoms with E-state index < -0.39 is 29.1 Å². The van der Waals surface area contributed by atoms with Crippen molar-refractivity contribution in [3.63, 3.8) is 0 Å². The summed E-state index contributed by atoms with van der Waals surface area (Å²) in [4.78, 5) is 0. The molecule has 0 nitrogen and oxygen atoms in total. The molecule has 0 heterocycles. The van der Waals surface area contributed by atoms with Crippen LogP contribution in [-0.4, -0.2) is 0 Å². The van der Waals surface area contributed by atoms with Gasteiger partial charge in [-0.25, -0.2) is 22.0 Å². The first-order valence-electron chi connectivity index (χ1n) is 9.49. The molecule has 0 N–H and O–H groups in total. The fraction of sp³-hybridized carbons (Fsp3) is 0. The van der Waals surface area contributed by atoms with Crippen molar-refractivity contribution in [3.8, 4) is 22.3 Å². The molecule has 0 aliphatic carbocycles. The van der Waals surface area contributed by atoms with Crippen LogP contribution in [0.15, 0.2) is 78.9 Å². The highest BCUT2D eigenvalue weighted by atomic mass is 19.2. The lowest BCUT2D eigenvalue weighted by molar-refractivity contribution is 0.509. The van der Waals surface area contributed by atoms with Crippen molar-refractivity contribution in [2.24, 2.45) is 0 Å². The van der Waals surface area contributed by atoms with Gasteiger partial charge in [0.1, 0.15) is 5.82 Å². The minimum atomic E-state index is -1.07. The zero-order valence-electron chi connectivity index (χ0n) is 15.9. The third kappa shape index (κ3) is 3.13. The molecular weight excluding hydrogens is 407 g/mol. The summed E-state index contributed by atoms with van der Waals surface area (Å²) in [5.41, 5.74) is 1.84. The summed E-state index contributed by atoms with van der Waals surface area (Å²) in [5.74, 6) is -4.74. The second kappa shape index (κ2) is 7.20. The SMILES string of the molecule is Fc1ccc2c(-c3ccc(F)c(F)c3)c3cc(F)c(F)cc3c(-c3ccccc3)c2c1. The van der Waals surface area contributed by atoms with Gasteiger partial charge >= 0.3 is 0 Å². The van der Waals surface area contributed by atoms with Gasteiger partial charge in [-0.05, 0) is 80.2 Å². The van der Waals surface area contributed by atoms with Crippen molar-refractivity contribution >= 4 is 21.5 Å². The monoisotopic (exact) mass is 420 g/mol. The Labute approximate surface area is 174 Å². The summed E-state index contributed by atoms with van der Waals surface area (Å²) in [7, 11) is 0. The van der Waals surface area contributed by atoms with Crippen LogP contribution in [0, 0.1) is 29.1 Å². The first-order valence-corrected chi connectivity index (χ1v) is 9.49. The van der Waals surface area contributed by atoms with Crippen molar-refractivity contribution in [1.82, 2.24) is 0 Å². The molecule has 0 spiro atoms. The maximum Gasteiger partial charge on any atom is 0.159 e. The number of rotatable bonds is 2. The third-order valence-electron chi connectivity index (χ3n) is 5.39. The van der Waals surface area contributed by atoms with Crippen LogP contribution < -0.4 is 0 Å². The average Bonchev–Trinajstić information content (AvgIpc) is 2.76. The Kier molecular flexibility index (Phi) is 4.47. The van der Waals surface area contributed by atoms with Crippen LogP contribution in [0.3, 0.4) is 0 Å². The van der Waals surface area contributed by atoms with Gasteiger partial charge in [-0.15, -0.1) is 0 Å². The zero-order valence-corrected chi connectivity index (χ0v) is 15.9. The maximum absolute atomic E-state index is 14.3. The average molecular weight is 420 g/mol. The lowest BCUT2D eigenvalue weighted by atomic mass is 9.86. The summed E-state index contributed by atoms with van der Waals surface area (Å²) in [5, 5.41) is 1.60. The molecule has 5 rings (SSSR count). The Balaban J connectivity index is 2.05. The van der Waals surface area contributed by atoms with E-state index in [1.54, 1.807) is 24.3 Å². The third-order valence-corrected chi connectivity index (χ3v) is 5.39. The van der Waals surface area contributed by atoms with Crippen LogP contribution in [0.4, 0.5) is 22.0 Å². The van der Waals surface area contributed by atoms with Crippen molar-refractivity contribution < 1.29 is 22.0 Å². The second-order valence-corrected chi connectivity index (χ2v) is 7.25. The number of hydrogen-bond donors (Lipinski definition) is 0. The van der Waals surface area contributed by atoms with Gasteiger partial charge in [-0.2, -0.15) is 0 Å². The molecule has 0 amide bonds. The smallest absolute Gasteiger partial charge is 0.159 e. The predicted molar refractivity (Wildman–Crippen MR) is 112 cm³/mol. The van der Waals surface area contributed by atoms with E-state index in [0.717, 1.165) is 24.3 Å². The van der Waals surface area contributed by atoms with Gasteiger partial charge in [-0.3, -0.25) is 0 Å². The Hall–Kier alpha value is -3.73. The summed E-state index contributed by atoms with van der Waals surface area (Å²) in [6, 6.07) is 18.4. The number of benzene rings is 5. The van der Waals surface area contributed by atoms with Crippen molar-refractivity contribution in [1.29, 1.82) is 0 Å². The number of hydrogen-bond acceptors (Lipinski definition) is 0. The van der Waals surface area contributed by atoms with Gasteiger partial charge in [0.2, 0.25) is 0 Å². The topological polar surface area (TPSA) is 0 Å². The minimum Gasteiger partial charge on any atom is -0.207 e. The molecule has 5 heteroatoms. The molecular formula is C26H13F5. The van der Waals surface area contributed by atoms with E-state index in [9.17, 15) is 22.0 Å². The first-order chi connectivity index (χ1) is 14.9. The van der Waals surface area contributed by atoms with Crippen LogP contribution in [0.25, 0.3) is 43.8 Å². The lowest BCUT2D eigenvalue weighted by Crippen LogP contribution is -1.95. The van der Waals surface area contributed by atoms with E-state index >= 15 is 0 Å². The molecule has 0 saturated carbocycles. The quantitative estimate of drug-likeness (QED) is 0.200. The fourth-order valence-electron chi connectivity index (χ4n) is 4.07. The molecule has 0 bridgehead atoms. The lowest BCUT2D eigenvalue weighted by Gasteiger charge is -2.18. The van der Waals surface area contributed by atoms with Crippen molar-refractivity contribution in [2.45, 2.75) is 0 Å². The molecule has 0 aliphatic heterocycles. The van der Waals surface area contributed by atoms with Crippen LogP contribution in [0.5, 0.6) is 0 Å². The molecule has 0 unspecified atom stereocenters. The molecule has 0 aromatic heterocycles. The Morgan fingerprint density at radius 2 is 0.968 bits per heavy atom. The van der Waals surface area contributed by atoms with Gasteiger partial charge in [0.15, 0.2) is 23.3 Å². The molecule has 0 atom stereocenters. The molecule has 5 aromatic rings. The van der Waals surface area contributed by atoms with Crippen LogP contribution in [0.1, 0.15) is 0 Å². The van der Waals surface area contributed by atoms with Crippen LogP contribution >= 0.6 is 0 Å². The van der Waals surface area contributed by atoms with Gasteiger partial charge < -0.3 is 0 Å². The summed E-state index contributed by atoms with van der Waals surface area (Å²) < 4.78 is 70.5. The largest absolute Gasteiger partial charge is 0.207 e. The fourth-order valence-corrected chi connectivity index (χ4v) is 4.07. The van der Waals surface area contributed by atoms with E-state index in [1.807, 2.05) is 6.07 Å².